The molecular weight excluding hydrogens is 199 g/mol. The Morgan fingerprint density at radius 2 is 2.27 bits per heavy atom. The molecule has 76 valence electrons. The van der Waals surface area contributed by atoms with Crippen molar-refractivity contribution in [3.63, 3.8) is 0 Å². The molecule has 0 aliphatic carbocycles. The molecule has 15 heavy (non-hydrogen) atoms. The molecule has 0 aliphatic rings. The van der Waals surface area contributed by atoms with Gasteiger partial charge in [-0.15, -0.1) is 0 Å². The molecule has 3 nitrogen and oxygen atoms in total. The van der Waals surface area contributed by atoms with Crippen LogP contribution in [-0.4, -0.2) is 17.4 Å². The maximum Gasteiger partial charge on any atom is 0.307 e. The Labute approximate surface area is 85.5 Å². The van der Waals surface area contributed by atoms with E-state index in [4.69, 9.17) is 5.11 Å². The van der Waals surface area contributed by atoms with E-state index in [9.17, 15) is 14.0 Å². The van der Waals surface area contributed by atoms with Crippen molar-refractivity contribution in [1.82, 2.24) is 0 Å². The van der Waals surface area contributed by atoms with E-state index in [-0.39, 0.29) is 12.0 Å². The van der Waals surface area contributed by atoms with E-state index < -0.39 is 11.8 Å². The first-order chi connectivity index (χ1) is 7.13. The molecule has 0 bridgehead atoms. The van der Waals surface area contributed by atoms with Crippen LogP contribution in [0.3, 0.4) is 0 Å². The third kappa shape index (κ3) is 3.24. The molecule has 0 fully saturated rings. The van der Waals surface area contributed by atoms with Gasteiger partial charge in [0.2, 0.25) is 0 Å². The Balaban J connectivity index is 2.97. The maximum atomic E-state index is 13.2. The molecule has 1 aromatic rings. The summed E-state index contributed by atoms with van der Waals surface area (Å²) >= 11 is 0. The second-order valence-corrected chi connectivity index (χ2v) is 2.77. The summed E-state index contributed by atoms with van der Waals surface area (Å²) in [6.07, 6.45) is 0.128. The summed E-state index contributed by atoms with van der Waals surface area (Å²) < 4.78 is 13.2. The normalized spacial score (nSPS) is 8.87. The lowest BCUT2D eigenvalue weighted by Gasteiger charge is -1.98. The topological polar surface area (TPSA) is 54.4 Å². The summed E-state index contributed by atoms with van der Waals surface area (Å²) in [7, 11) is 0. The Kier molecular flexibility index (Phi) is 3.58. The lowest BCUT2D eigenvalue weighted by atomic mass is 10.1. The predicted molar refractivity (Wildman–Crippen MR) is 50.7 cm³/mol. The van der Waals surface area contributed by atoms with Gasteiger partial charge in [0.25, 0.3) is 0 Å². The SMILES string of the molecule is O=CC#Cc1ccc(CC(=O)O)cc1F. The van der Waals surface area contributed by atoms with Crippen molar-refractivity contribution >= 4 is 12.3 Å². The largest absolute Gasteiger partial charge is 0.481 e. The highest BCUT2D eigenvalue weighted by Crippen LogP contribution is 2.09. The van der Waals surface area contributed by atoms with Gasteiger partial charge in [-0.1, -0.05) is 12.0 Å². The standard InChI is InChI=1S/C11H7FO3/c12-10-6-8(7-11(14)15)3-4-9(10)2-1-5-13/h3-6H,7H2,(H,14,15). The first kappa shape index (κ1) is 10.9. The highest BCUT2D eigenvalue weighted by molar-refractivity contribution is 5.74. The Hall–Kier alpha value is -2.15. The minimum absolute atomic E-state index is 0.0799. The van der Waals surface area contributed by atoms with Gasteiger partial charge in [0.05, 0.1) is 12.0 Å². The fourth-order valence-corrected chi connectivity index (χ4v) is 1.05. The number of carbonyl (C=O) groups excluding carboxylic acids is 1. The van der Waals surface area contributed by atoms with Crippen LogP contribution in [0, 0.1) is 17.7 Å². The number of carboxylic acids is 1. The van der Waals surface area contributed by atoms with Crippen LogP contribution in [-0.2, 0) is 16.0 Å². The molecular formula is C11H7FO3. The van der Waals surface area contributed by atoms with Crippen LogP contribution in [0.2, 0.25) is 0 Å². The minimum Gasteiger partial charge on any atom is -0.481 e. The van der Waals surface area contributed by atoms with E-state index in [0.29, 0.717) is 11.8 Å². The van der Waals surface area contributed by atoms with E-state index in [1.165, 1.54) is 12.1 Å². The van der Waals surface area contributed by atoms with Crippen molar-refractivity contribution in [3.8, 4) is 11.8 Å². The molecule has 0 heterocycles. The Morgan fingerprint density at radius 3 is 2.80 bits per heavy atom. The summed E-state index contributed by atoms with van der Waals surface area (Å²) in [4.78, 5) is 20.3. The predicted octanol–water partition coefficient (Wildman–Crippen LogP) is 1.00. The minimum atomic E-state index is -1.03. The van der Waals surface area contributed by atoms with Gasteiger partial charge in [-0.2, -0.15) is 0 Å². The number of aliphatic carboxylic acids is 1. The van der Waals surface area contributed by atoms with Gasteiger partial charge < -0.3 is 5.11 Å². The highest BCUT2D eigenvalue weighted by Gasteiger charge is 2.04. The number of hydrogen-bond acceptors (Lipinski definition) is 2. The molecule has 0 spiro atoms. The van der Waals surface area contributed by atoms with Crippen LogP contribution >= 0.6 is 0 Å². The zero-order chi connectivity index (χ0) is 11.3. The second-order valence-electron chi connectivity index (χ2n) is 2.77. The van der Waals surface area contributed by atoms with Crippen molar-refractivity contribution in [2.45, 2.75) is 6.42 Å². The van der Waals surface area contributed by atoms with Gasteiger partial charge in [0, 0.05) is 0 Å². The van der Waals surface area contributed by atoms with Crippen LogP contribution in [0.25, 0.3) is 0 Å². The average molecular weight is 206 g/mol. The smallest absolute Gasteiger partial charge is 0.307 e. The van der Waals surface area contributed by atoms with E-state index in [1.54, 1.807) is 0 Å². The van der Waals surface area contributed by atoms with Crippen LogP contribution in [0.4, 0.5) is 4.39 Å². The van der Waals surface area contributed by atoms with E-state index >= 15 is 0 Å². The van der Waals surface area contributed by atoms with Gasteiger partial charge in [-0.05, 0) is 23.6 Å². The summed E-state index contributed by atoms with van der Waals surface area (Å²) in [5.74, 6) is 2.73. The van der Waals surface area contributed by atoms with Gasteiger partial charge in [-0.25, -0.2) is 4.39 Å². The fraction of sp³-hybridized carbons (Fsp3) is 0.0909. The zero-order valence-electron chi connectivity index (χ0n) is 7.66. The Bertz CT molecular complexity index is 455. The van der Waals surface area contributed by atoms with Crippen LogP contribution in [0.5, 0.6) is 0 Å². The first-order valence-electron chi connectivity index (χ1n) is 4.09. The highest BCUT2D eigenvalue weighted by atomic mass is 19.1. The molecule has 1 aromatic carbocycles. The number of benzene rings is 1. The molecule has 1 rings (SSSR count). The molecule has 0 atom stereocenters. The quantitative estimate of drug-likeness (QED) is 0.580. The van der Waals surface area contributed by atoms with Crippen molar-refractivity contribution in [2.24, 2.45) is 0 Å². The molecule has 0 aromatic heterocycles. The number of carboxylic acid groups (broad SMARTS) is 1. The van der Waals surface area contributed by atoms with Crippen LogP contribution in [0.1, 0.15) is 11.1 Å². The number of halogens is 1. The van der Waals surface area contributed by atoms with Gasteiger partial charge in [0.1, 0.15) is 5.82 Å². The molecule has 0 saturated heterocycles. The van der Waals surface area contributed by atoms with Crippen molar-refractivity contribution in [3.05, 3.63) is 35.1 Å². The molecule has 0 aliphatic heterocycles. The van der Waals surface area contributed by atoms with Crippen molar-refractivity contribution in [1.29, 1.82) is 0 Å². The Morgan fingerprint density at radius 1 is 1.53 bits per heavy atom. The zero-order valence-corrected chi connectivity index (χ0v) is 7.66. The van der Waals surface area contributed by atoms with Crippen molar-refractivity contribution < 1.29 is 19.1 Å². The molecule has 0 radical (unpaired) electrons. The molecule has 0 unspecified atom stereocenters. The summed E-state index contributed by atoms with van der Waals surface area (Å²) in [6.45, 7) is 0. The molecule has 0 saturated carbocycles. The number of hydrogen-bond donors (Lipinski definition) is 1. The first-order valence-corrected chi connectivity index (χ1v) is 4.09. The van der Waals surface area contributed by atoms with Gasteiger partial charge in [0.15, 0.2) is 6.29 Å². The number of rotatable bonds is 2. The lowest BCUT2D eigenvalue weighted by molar-refractivity contribution is -0.136. The molecule has 0 amide bonds. The maximum absolute atomic E-state index is 13.2. The van der Waals surface area contributed by atoms with Crippen LogP contribution < -0.4 is 0 Å². The van der Waals surface area contributed by atoms with E-state index in [1.807, 2.05) is 0 Å². The monoisotopic (exact) mass is 206 g/mol. The van der Waals surface area contributed by atoms with Gasteiger partial charge >= 0.3 is 5.97 Å². The average Bonchev–Trinajstić information content (AvgIpc) is 2.15. The van der Waals surface area contributed by atoms with Gasteiger partial charge in [-0.3, -0.25) is 9.59 Å². The van der Waals surface area contributed by atoms with E-state index in [2.05, 4.69) is 11.8 Å². The third-order valence-electron chi connectivity index (χ3n) is 1.65. The third-order valence-corrected chi connectivity index (χ3v) is 1.65. The summed E-state index contributed by atoms with van der Waals surface area (Å²) in [5, 5.41) is 8.47. The molecule has 1 N–H and O–H groups in total. The van der Waals surface area contributed by atoms with E-state index in [0.717, 1.165) is 6.07 Å². The number of carbonyl (C=O) groups is 2. The van der Waals surface area contributed by atoms with Crippen LogP contribution in [0.15, 0.2) is 18.2 Å². The second kappa shape index (κ2) is 4.91. The lowest BCUT2D eigenvalue weighted by Crippen LogP contribution is -2.00. The summed E-state index contributed by atoms with van der Waals surface area (Å²) in [6, 6.07) is 3.92. The van der Waals surface area contributed by atoms with Crippen molar-refractivity contribution in [2.75, 3.05) is 0 Å². The number of aldehydes is 1. The molecule has 4 heteroatoms. The fourth-order valence-electron chi connectivity index (χ4n) is 1.05. The summed E-state index contributed by atoms with van der Waals surface area (Å²) in [5.41, 5.74) is 0.438.